The van der Waals surface area contributed by atoms with Crippen LogP contribution in [0, 0.1) is 6.92 Å². The van der Waals surface area contributed by atoms with E-state index in [0.29, 0.717) is 35.1 Å². The number of halogens is 2. The molecule has 0 aliphatic carbocycles. The van der Waals surface area contributed by atoms with Gasteiger partial charge in [0, 0.05) is 23.1 Å². The van der Waals surface area contributed by atoms with Gasteiger partial charge in [-0.15, -0.1) is 0 Å². The monoisotopic (exact) mass is 448 g/mol. The van der Waals surface area contributed by atoms with E-state index in [1.165, 1.54) is 0 Å². The van der Waals surface area contributed by atoms with Gasteiger partial charge >= 0.3 is 0 Å². The normalized spacial score (nSPS) is 11.8. The first-order valence-electron chi connectivity index (χ1n) is 10.4. The largest absolute Gasteiger partial charge is 0.354 e. The maximum absolute atomic E-state index is 13.4. The molecule has 30 heavy (non-hydrogen) atoms. The fourth-order valence-corrected chi connectivity index (χ4v) is 3.80. The van der Waals surface area contributed by atoms with E-state index in [1.54, 1.807) is 23.1 Å². The van der Waals surface area contributed by atoms with Gasteiger partial charge < -0.3 is 10.2 Å². The molecule has 1 atom stereocenters. The van der Waals surface area contributed by atoms with Crippen LogP contribution in [0.3, 0.4) is 0 Å². The van der Waals surface area contributed by atoms with E-state index >= 15 is 0 Å². The van der Waals surface area contributed by atoms with Crippen molar-refractivity contribution in [1.29, 1.82) is 0 Å². The summed E-state index contributed by atoms with van der Waals surface area (Å²) in [5, 5.41) is 3.87. The van der Waals surface area contributed by atoms with Gasteiger partial charge in [-0.2, -0.15) is 0 Å². The molecular formula is C24H30Cl2N2O2. The minimum atomic E-state index is -0.558. The van der Waals surface area contributed by atoms with Crippen molar-refractivity contribution < 1.29 is 9.59 Å². The predicted octanol–water partition coefficient (Wildman–Crippen LogP) is 5.57. The average molecular weight is 449 g/mol. The van der Waals surface area contributed by atoms with Crippen molar-refractivity contribution in [3.05, 3.63) is 69.2 Å². The van der Waals surface area contributed by atoms with E-state index in [4.69, 9.17) is 23.2 Å². The molecule has 0 heterocycles. The number of aryl methyl sites for hydroxylation is 1. The minimum absolute atomic E-state index is 0.0448. The van der Waals surface area contributed by atoms with E-state index < -0.39 is 6.04 Å². The number of carbonyl (C=O) groups is 2. The Balaban J connectivity index is 2.29. The van der Waals surface area contributed by atoms with Crippen molar-refractivity contribution in [2.24, 2.45) is 0 Å². The summed E-state index contributed by atoms with van der Waals surface area (Å²) in [4.78, 5) is 27.9. The van der Waals surface area contributed by atoms with Crippen LogP contribution in [0.2, 0.25) is 10.0 Å². The zero-order valence-corrected chi connectivity index (χ0v) is 19.4. The standard InChI is InChI=1S/C24H30Cl2N2O2/c1-4-6-14-27-24(30)22(5-2)28(16-18-12-10-17(3)11-13-18)23(29)15-19-20(25)8-7-9-21(19)26/h7-13,22H,4-6,14-16H2,1-3H3,(H,27,30). The Morgan fingerprint density at radius 3 is 2.23 bits per heavy atom. The molecule has 2 aromatic rings. The van der Waals surface area contributed by atoms with Crippen molar-refractivity contribution in [3.63, 3.8) is 0 Å². The third kappa shape index (κ3) is 6.75. The second kappa shape index (κ2) is 12.0. The summed E-state index contributed by atoms with van der Waals surface area (Å²) in [5.41, 5.74) is 2.70. The first kappa shape index (κ1) is 24.2. The average Bonchev–Trinajstić information content (AvgIpc) is 2.72. The molecule has 0 spiro atoms. The number of amides is 2. The molecule has 1 unspecified atom stereocenters. The zero-order chi connectivity index (χ0) is 22.1. The van der Waals surface area contributed by atoms with E-state index in [-0.39, 0.29) is 18.2 Å². The number of unbranched alkanes of at least 4 members (excludes halogenated alkanes) is 1. The van der Waals surface area contributed by atoms with Crippen LogP contribution >= 0.6 is 23.2 Å². The van der Waals surface area contributed by atoms with Crippen molar-refractivity contribution in [3.8, 4) is 0 Å². The van der Waals surface area contributed by atoms with Crippen LogP contribution in [-0.4, -0.2) is 29.3 Å². The summed E-state index contributed by atoms with van der Waals surface area (Å²) in [6.07, 6.45) is 2.46. The lowest BCUT2D eigenvalue weighted by Crippen LogP contribution is -2.49. The van der Waals surface area contributed by atoms with Gasteiger partial charge in [-0.05, 0) is 43.0 Å². The third-order valence-electron chi connectivity index (χ3n) is 5.08. The highest BCUT2D eigenvalue weighted by Crippen LogP contribution is 2.26. The fraction of sp³-hybridized carbons (Fsp3) is 0.417. The summed E-state index contributed by atoms with van der Waals surface area (Å²) in [5.74, 6) is -0.306. The molecule has 2 rings (SSSR count). The summed E-state index contributed by atoms with van der Waals surface area (Å²) < 4.78 is 0. The fourth-order valence-electron chi connectivity index (χ4n) is 3.27. The van der Waals surface area contributed by atoms with Gasteiger partial charge in [0.25, 0.3) is 0 Å². The third-order valence-corrected chi connectivity index (χ3v) is 5.79. The molecule has 0 aromatic heterocycles. The Kier molecular flexibility index (Phi) is 9.67. The molecule has 162 valence electrons. The van der Waals surface area contributed by atoms with E-state index in [1.807, 2.05) is 38.1 Å². The van der Waals surface area contributed by atoms with Gasteiger partial charge in [0.1, 0.15) is 6.04 Å². The molecule has 1 N–H and O–H groups in total. The molecule has 0 saturated heterocycles. The maximum Gasteiger partial charge on any atom is 0.242 e. The second-order valence-electron chi connectivity index (χ2n) is 7.45. The molecule has 0 aliphatic rings. The maximum atomic E-state index is 13.4. The van der Waals surface area contributed by atoms with Gasteiger partial charge in [0.05, 0.1) is 6.42 Å². The Hall–Kier alpha value is -2.04. The zero-order valence-electron chi connectivity index (χ0n) is 17.9. The lowest BCUT2D eigenvalue weighted by molar-refractivity contribution is -0.140. The van der Waals surface area contributed by atoms with Gasteiger partial charge in [-0.3, -0.25) is 9.59 Å². The van der Waals surface area contributed by atoms with Gasteiger partial charge in [0.15, 0.2) is 0 Å². The van der Waals surface area contributed by atoms with Crippen molar-refractivity contribution in [2.45, 2.75) is 59.0 Å². The molecular weight excluding hydrogens is 419 g/mol. The Morgan fingerprint density at radius 2 is 1.67 bits per heavy atom. The van der Waals surface area contributed by atoms with E-state index in [9.17, 15) is 9.59 Å². The number of rotatable bonds is 10. The highest BCUT2D eigenvalue weighted by molar-refractivity contribution is 6.36. The highest BCUT2D eigenvalue weighted by atomic mass is 35.5. The van der Waals surface area contributed by atoms with Crippen LogP contribution in [0.4, 0.5) is 0 Å². The molecule has 6 heteroatoms. The van der Waals surface area contributed by atoms with Crippen LogP contribution in [0.25, 0.3) is 0 Å². The number of hydrogen-bond donors (Lipinski definition) is 1. The SMILES string of the molecule is CCCCNC(=O)C(CC)N(Cc1ccc(C)cc1)C(=O)Cc1c(Cl)cccc1Cl. The first-order chi connectivity index (χ1) is 14.4. The van der Waals surface area contributed by atoms with Gasteiger partial charge in [-0.25, -0.2) is 0 Å². The molecule has 0 bridgehead atoms. The van der Waals surface area contributed by atoms with Crippen LogP contribution < -0.4 is 5.32 Å². The summed E-state index contributed by atoms with van der Waals surface area (Å²) in [6, 6.07) is 12.6. The first-order valence-corrected chi connectivity index (χ1v) is 11.2. The second-order valence-corrected chi connectivity index (χ2v) is 8.27. The molecule has 2 amide bonds. The predicted molar refractivity (Wildman–Crippen MR) is 124 cm³/mol. The number of hydrogen-bond acceptors (Lipinski definition) is 2. The Morgan fingerprint density at radius 1 is 1.03 bits per heavy atom. The molecule has 4 nitrogen and oxygen atoms in total. The molecule has 2 aromatic carbocycles. The smallest absolute Gasteiger partial charge is 0.242 e. The van der Waals surface area contributed by atoms with E-state index in [2.05, 4.69) is 12.2 Å². The van der Waals surface area contributed by atoms with E-state index in [0.717, 1.165) is 24.0 Å². The summed E-state index contributed by atoms with van der Waals surface area (Å²) >= 11 is 12.6. The van der Waals surface area contributed by atoms with Crippen molar-refractivity contribution >= 4 is 35.0 Å². The topological polar surface area (TPSA) is 49.4 Å². The lowest BCUT2D eigenvalue weighted by atomic mass is 10.1. The van der Waals surface area contributed by atoms with Crippen molar-refractivity contribution in [1.82, 2.24) is 10.2 Å². The molecule has 0 fully saturated rings. The number of carbonyl (C=O) groups excluding carboxylic acids is 2. The Labute approximate surface area is 189 Å². The van der Waals surface area contributed by atoms with Gasteiger partial charge in [-0.1, -0.05) is 79.4 Å². The van der Waals surface area contributed by atoms with Gasteiger partial charge in [0.2, 0.25) is 11.8 Å². The lowest BCUT2D eigenvalue weighted by Gasteiger charge is -2.31. The Bertz CT molecular complexity index is 833. The molecule has 0 radical (unpaired) electrons. The van der Waals surface area contributed by atoms with Crippen LogP contribution in [0.15, 0.2) is 42.5 Å². The van der Waals surface area contributed by atoms with Crippen LogP contribution in [-0.2, 0) is 22.6 Å². The van der Waals surface area contributed by atoms with Crippen LogP contribution in [0.1, 0.15) is 49.8 Å². The van der Waals surface area contributed by atoms with Crippen molar-refractivity contribution in [2.75, 3.05) is 6.54 Å². The summed E-state index contributed by atoms with van der Waals surface area (Å²) in [6.45, 7) is 6.96. The quantitative estimate of drug-likeness (QED) is 0.483. The number of nitrogens with one attached hydrogen (secondary N) is 1. The van der Waals surface area contributed by atoms with Crippen LogP contribution in [0.5, 0.6) is 0 Å². The number of benzene rings is 2. The minimum Gasteiger partial charge on any atom is -0.354 e. The summed E-state index contributed by atoms with van der Waals surface area (Å²) in [7, 11) is 0. The number of nitrogens with zero attached hydrogens (tertiary/aromatic N) is 1. The molecule has 0 saturated carbocycles. The molecule has 0 aliphatic heterocycles. The highest BCUT2D eigenvalue weighted by Gasteiger charge is 2.29.